The lowest BCUT2D eigenvalue weighted by molar-refractivity contribution is 0.415. The molecule has 92 valence electrons. The predicted molar refractivity (Wildman–Crippen MR) is 69.3 cm³/mol. The quantitative estimate of drug-likeness (QED) is 0.607. The van der Waals surface area contributed by atoms with Gasteiger partial charge in [-0.2, -0.15) is 0 Å². The molecule has 0 saturated heterocycles. The summed E-state index contributed by atoms with van der Waals surface area (Å²) >= 11 is 0. The van der Waals surface area contributed by atoms with E-state index in [0.717, 1.165) is 19.0 Å². The molecule has 2 N–H and O–H groups in total. The average molecular weight is 214 g/mol. The Hall–Kier alpha value is -0.0800. The molecule has 1 atom stereocenters. The van der Waals surface area contributed by atoms with E-state index < -0.39 is 0 Å². The highest BCUT2D eigenvalue weighted by Crippen LogP contribution is 2.04. The Bertz CT molecular complexity index is 138. The molecule has 0 fully saturated rings. The molecule has 0 bridgehead atoms. The average Bonchev–Trinajstić information content (AvgIpc) is 2.14. The van der Waals surface area contributed by atoms with Gasteiger partial charge in [0.2, 0.25) is 0 Å². The first-order valence-electron chi connectivity index (χ1n) is 6.41. The number of rotatable bonds is 8. The van der Waals surface area contributed by atoms with Gasteiger partial charge in [-0.15, -0.1) is 0 Å². The molecule has 0 rings (SSSR count). The van der Waals surface area contributed by atoms with Crippen LogP contribution in [0.2, 0.25) is 0 Å². The molecule has 0 aromatic rings. The monoisotopic (exact) mass is 214 g/mol. The van der Waals surface area contributed by atoms with E-state index in [1.54, 1.807) is 0 Å². The minimum absolute atomic E-state index is 0.261. The van der Waals surface area contributed by atoms with Gasteiger partial charge in [0.1, 0.15) is 0 Å². The maximum atomic E-state index is 3.50. The van der Waals surface area contributed by atoms with E-state index in [1.807, 2.05) is 0 Å². The van der Waals surface area contributed by atoms with Crippen LogP contribution in [-0.4, -0.2) is 25.2 Å². The van der Waals surface area contributed by atoms with E-state index >= 15 is 0 Å². The van der Waals surface area contributed by atoms with Gasteiger partial charge < -0.3 is 10.6 Å². The molecule has 1 unspecified atom stereocenters. The van der Waals surface area contributed by atoms with E-state index in [-0.39, 0.29) is 5.54 Å². The highest BCUT2D eigenvalue weighted by molar-refractivity contribution is 4.69. The Morgan fingerprint density at radius 3 is 2.27 bits per heavy atom. The van der Waals surface area contributed by atoms with Gasteiger partial charge >= 0.3 is 0 Å². The molecule has 2 heteroatoms. The van der Waals surface area contributed by atoms with Crippen molar-refractivity contribution in [2.75, 3.05) is 19.6 Å². The van der Waals surface area contributed by atoms with E-state index in [0.29, 0.717) is 0 Å². The first-order valence-corrected chi connectivity index (χ1v) is 6.41. The van der Waals surface area contributed by atoms with Crippen molar-refractivity contribution in [1.82, 2.24) is 10.6 Å². The summed E-state index contributed by atoms with van der Waals surface area (Å²) in [5, 5.41) is 6.99. The minimum atomic E-state index is 0.261. The van der Waals surface area contributed by atoms with Gasteiger partial charge in [0.15, 0.2) is 0 Å². The van der Waals surface area contributed by atoms with E-state index in [4.69, 9.17) is 0 Å². The molecule has 0 aromatic heterocycles. The van der Waals surface area contributed by atoms with Crippen molar-refractivity contribution in [1.29, 1.82) is 0 Å². The summed E-state index contributed by atoms with van der Waals surface area (Å²) in [4.78, 5) is 0. The van der Waals surface area contributed by atoms with Crippen LogP contribution in [-0.2, 0) is 0 Å². The molecule has 0 aliphatic heterocycles. The summed E-state index contributed by atoms with van der Waals surface area (Å²) in [5.74, 6) is 0.866. The second-order valence-electron chi connectivity index (χ2n) is 5.58. The Balaban J connectivity index is 3.12. The smallest absolute Gasteiger partial charge is 0.00965 e. The summed E-state index contributed by atoms with van der Waals surface area (Å²) in [6, 6.07) is 0. The Kier molecular flexibility index (Phi) is 8.07. The molecule has 0 heterocycles. The van der Waals surface area contributed by atoms with Gasteiger partial charge in [0.25, 0.3) is 0 Å². The van der Waals surface area contributed by atoms with Crippen LogP contribution in [0.1, 0.15) is 53.9 Å². The molecule has 2 nitrogen and oxygen atoms in total. The normalized spacial score (nSPS) is 14.2. The third-order valence-electron chi connectivity index (χ3n) is 2.70. The van der Waals surface area contributed by atoms with Crippen molar-refractivity contribution >= 4 is 0 Å². The maximum Gasteiger partial charge on any atom is 0.00965 e. The highest BCUT2D eigenvalue weighted by Gasteiger charge is 2.06. The van der Waals surface area contributed by atoms with Gasteiger partial charge in [-0.3, -0.25) is 0 Å². The first kappa shape index (κ1) is 14.9. The van der Waals surface area contributed by atoms with Crippen LogP contribution in [0.4, 0.5) is 0 Å². The fraction of sp³-hybridized carbons (Fsp3) is 1.00. The molecule has 15 heavy (non-hydrogen) atoms. The van der Waals surface area contributed by atoms with Crippen molar-refractivity contribution < 1.29 is 0 Å². The summed E-state index contributed by atoms with van der Waals surface area (Å²) in [7, 11) is 0. The van der Waals surface area contributed by atoms with Gasteiger partial charge in [-0.25, -0.2) is 0 Å². The molecular formula is C13H30N2. The molecular weight excluding hydrogens is 184 g/mol. The largest absolute Gasteiger partial charge is 0.317 e. The van der Waals surface area contributed by atoms with Crippen molar-refractivity contribution in [2.24, 2.45) is 5.92 Å². The summed E-state index contributed by atoms with van der Waals surface area (Å²) < 4.78 is 0. The van der Waals surface area contributed by atoms with Crippen LogP contribution in [0.25, 0.3) is 0 Å². The zero-order chi connectivity index (χ0) is 11.7. The zero-order valence-electron chi connectivity index (χ0n) is 11.3. The lowest BCUT2D eigenvalue weighted by Gasteiger charge is -2.20. The Morgan fingerprint density at radius 1 is 1.07 bits per heavy atom. The molecule has 0 saturated carbocycles. The van der Waals surface area contributed by atoms with Crippen LogP contribution in [0, 0.1) is 5.92 Å². The second-order valence-corrected chi connectivity index (χ2v) is 5.58. The molecule has 0 aromatic carbocycles. The lowest BCUT2D eigenvalue weighted by atomic mass is 10.1. The third kappa shape index (κ3) is 11.8. The molecule has 0 aliphatic carbocycles. The van der Waals surface area contributed by atoms with Crippen molar-refractivity contribution in [3.63, 3.8) is 0 Å². The van der Waals surface area contributed by atoms with E-state index in [2.05, 4.69) is 45.3 Å². The Labute approximate surface area is 96.2 Å². The minimum Gasteiger partial charge on any atom is -0.317 e. The van der Waals surface area contributed by atoms with Crippen LogP contribution in [0.5, 0.6) is 0 Å². The van der Waals surface area contributed by atoms with Crippen LogP contribution < -0.4 is 10.6 Å². The fourth-order valence-corrected chi connectivity index (χ4v) is 1.35. The third-order valence-corrected chi connectivity index (χ3v) is 2.70. The number of nitrogens with one attached hydrogen (secondary N) is 2. The van der Waals surface area contributed by atoms with E-state index in [1.165, 1.54) is 25.8 Å². The lowest BCUT2D eigenvalue weighted by Crippen LogP contribution is -2.37. The zero-order valence-corrected chi connectivity index (χ0v) is 11.3. The topological polar surface area (TPSA) is 24.1 Å². The van der Waals surface area contributed by atoms with Crippen molar-refractivity contribution in [2.45, 2.75) is 59.4 Å². The highest BCUT2D eigenvalue weighted by atomic mass is 14.9. The van der Waals surface area contributed by atoms with Crippen molar-refractivity contribution in [3.8, 4) is 0 Å². The maximum absolute atomic E-state index is 3.50. The summed E-state index contributed by atoms with van der Waals surface area (Å²) in [6.07, 6.45) is 3.83. The van der Waals surface area contributed by atoms with E-state index in [9.17, 15) is 0 Å². The molecule has 0 radical (unpaired) electrons. The van der Waals surface area contributed by atoms with Crippen LogP contribution >= 0.6 is 0 Å². The molecule has 0 amide bonds. The summed E-state index contributed by atoms with van der Waals surface area (Å²) in [5.41, 5.74) is 0.261. The SMILES string of the molecule is CCC(C)CCNCCCNC(C)(C)C. The van der Waals surface area contributed by atoms with Crippen molar-refractivity contribution in [3.05, 3.63) is 0 Å². The van der Waals surface area contributed by atoms with Crippen LogP contribution in [0.15, 0.2) is 0 Å². The van der Waals surface area contributed by atoms with Crippen LogP contribution in [0.3, 0.4) is 0 Å². The standard InChI is InChI=1S/C13H30N2/c1-6-12(2)8-11-14-9-7-10-15-13(3,4)5/h12,14-15H,6-11H2,1-5H3. The van der Waals surface area contributed by atoms with Gasteiger partial charge in [-0.1, -0.05) is 20.3 Å². The fourth-order valence-electron chi connectivity index (χ4n) is 1.35. The van der Waals surface area contributed by atoms with Gasteiger partial charge in [-0.05, 0) is 59.2 Å². The number of hydrogen-bond acceptors (Lipinski definition) is 2. The molecule has 0 aliphatic rings. The Morgan fingerprint density at radius 2 is 1.73 bits per heavy atom. The van der Waals surface area contributed by atoms with Gasteiger partial charge in [0, 0.05) is 5.54 Å². The molecule has 0 spiro atoms. The summed E-state index contributed by atoms with van der Waals surface area (Å²) in [6.45, 7) is 14.6. The van der Waals surface area contributed by atoms with Gasteiger partial charge in [0.05, 0.1) is 0 Å². The first-order chi connectivity index (χ1) is 6.95. The number of hydrogen-bond donors (Lipinski definition) is 2. The predicted octanol–water partition coefficient (Wildman–Crippen LogP) is 2.79. The second kappa shape index (κ2) is 8.12.